The lowest BCUT2D eigenvalue weighted by atomic mass is 10.0. The van der Waals surface area contributed by atoms with E-state index in [4.69, 9.17) is 4.42 Å². The molecule has 3 heterocycles. The summed E-state index contributed by atoms with van der Waals surface area (Å²) in [6.45, 7) is 3.77. The number of hydrogen-bond acceptors (Lipinski definition) is 2. The Balaban J connectivity index is 1.88. The molecule has 0 radical (unpaired) electrons. The maximum atomic E-state index is 12.7. The standard InChI is InChI=1S/C14H18BrNO2/c1-8-5-13(9(2)18-8)14(17)16-11-3-4-12(16)7-10(15)6-11/h5,10-12H,3-4,6-7H2,1-2H3. The fourth-order valence-corrected chi connectivity index (χ4v) is 4.29. The molecule has 0 N–H and O–H groups in total. The quantitative estimate of drug-likeness (QED) is 0.745. The summed E-state index contributed by atoms with van der Waals surface area (Å²) in [4.78, 5) is 15.3. The zero-order valence-electron chi connectivity index (χ0n) is 10.8. The van der Waals surface area contributed by atoms with Crippen LogP contribution in [0.2, 0.25) is 0 Å². The molecule has 2 atom stereocenters. The molecule has 2 fully saturated rings. The molecule has 2 aliphatic heterocycles. The van der Waals surface area contributed by atoms with Crippen molar-refractivity contribution in [3.05, 3.63) is 23.2 Å². The van der Waals surface area contributed by atoms with Gasteiger partial charge in [0.1, 0.15) is 11.5 Å². The first-order valence-corrected chi connectivity index (χ1v) is 7.51. The summed E-state index contributed by atoms with van der Waals surface area (Å²) in [5.74, 6) is 1.73. The summed E-state index contributed by atoms with van der Waals surface area (Å²) in [5, 5.41) is 0. The van der Waals surface area contributed by atoms with Gasteiger partial charge in [-0.05, 0) is 45.6 Å². The van der Waals surface area contributed by atoms with Crippen LogP contribution in [-0.4, -0.2) is 27.7 Å². The van der Waals surface area contributed by atoms with Gasteiger partial charge >= 0.3 is 0 Å². The normalized spacial score (nSPS) is 30.8. The molecule has 98 valence electrons. The van der Waals surface area contributed by atoms with Gasteiger partial charge < -0.3 is 9.32 Å². The topological polar surface area (TPSA) is 33.5 Å². The molecule has 0 aromatic carbocycles. The van der Waals surface area contributed by atoms with Gasteiger partial charge in [0.15, 0.2) is 0 Å². The maximum absolute atomic E-state index is 12.7. The highest BCUT2D eigenvalue weighted by atomic mass is 79.9. The Morgan fingerprint density at radius 2 is 1.94 bits per heavy atom. The molecule has 0 aliphatic carbocycles. The van der Waals surface area contributed by atoms with E-state index in [1.165, 1.54) is 0 Å². The van der Waals surface area contributed by atoms with Gasteiger partial charge in [0.05, 0.1) is 5.56 Å². The van der Waals surface area contributed by atoms with Gasteiger partial charge in [-0.2, -0.15) is 0 Å². The number of furan rings is 1. The molecule has 0 saturated carbocycles. The number of alkyl halides is 1. The van der Waals surface area contributed by atoms with E-state index in [0.717, 1.165) is 42.8 Å². The number of carbonyl (C=O) groups excluding carboxylic acids is 1. The van der Waals surface area contributed by atoms with Crippen LogP contribution in [0.25, 0.3) is 0 Å². The summed E-state index contributed by atoms with van der Waals surface area (Å²) < 4.78 is 5.48. The van der Waals surface area contributed by atoms with Crippen molar-refractivity contribution in [1.82, 2.24) is 4.90 Å². The van der Waals surface area contributed by atoms with Gasteiger partial charge in [-0.25, -0.2) is 0 Å². The van der Waals surface area contributed by atoms with Crippen molar-refractivity contribution in [3.63, 3.8) is 0 Å². The first kappa shape index (κ1) is 12.3. The first-order valence-electron chi connectivity index (χ1n) is 6.60. The Labute approximate surface area is 116 Å². The largest absolute Gasteiger partial charge is 0.466 e. The molecular weight excluding hydrogens is 294 g/mol. The molecule has 0 spiro atoms. The number of fused-ring (bicyclic) bond motifs is 2. The van der Waals surface area contributed by atoms with Gasteiger partial charge in [-0.1, -0.05) is 15.9 Å². The molecule has 4 heteroatoms. The minimum atomic E-state index is 0.163. The van der Waals surface area contributed by atoms with Crippen LogP contribution in [0, 0.1) is 13.8 Å². The lowest BCUT2D eigenvalue weighted by molar-refractivity contribution is 0.0601. The van der Waals surface area contributed by atoms with Gasteiger partial charge in [-0.15, -0.1) is 0 Å². The molecule has 3 nitrogen and oxygen atoms in total. The van der Waals surface area contributed by atoms with Crippen LogP contribution in [0.15, 0.2) is 10.5 Å². The second-order valence-electron chi connectivity index (χ2n) is 5.49. The third-order valence-corrected chi connectivity index (χ3v) is 4.93. The molecule has 2 bridgehead atoms. The second kappa shape index (κ2) is 4.41. The molecule has 18 heavy (non-hydrogen) atoms. The monoisotopic (exact) mass is 311 g/mol. The summed E-state index contributed by atoms with van der Waals surface area (Å²) in [6, 6.07) is 2.70. The number of hydrogen-bond donors (Lipinski definition) is 0. The predicted molar refractivity (Wildman–Crippen MR) is 73.1 cm³/mol. The van der Waals surface area contributed by atoms with Crippen molar-refractivity contribution >= 4 is 21.8 Å². The number of aryl methyl sites for hydroxylation is 2. The smallest absolute Gasteiger partial charge is 0.257 e. The lowest BCUT2D eigenvalue weighted by Gasteiger charge is -2.37. The highest BCUT2D eigenvalue weighted by Gasteiger charge is 2.43. The zero-order chi connectivity index (χ0) is 12.9. The zero-order valence-corrected chi connectivity index (χ0v) is 12.4. The predicted octanol–water partition coefficient (Wildman–Crippen LogP) is 3.43. The Morgan fingerprint density at radius 3 is 2.44 bits per heavy atom. The molecule has 2 aliphatic rings. The molecule has 1 aromatic rings. The van der Waals surface area contributed by atoms with Crippen LogP contribution < -0.4 is 0 Å². The number of rotatable bonds is 1. The van der Waals surface area contributed by atoms with Crippen LogP contribution in [0.3, 0.4) is 0 Å². The number of piperidine rings is 1. The molecule has 3 rings (SSSR count). The number of halogens is 1. The molecule has 1 aromatic heterocycles. The van der Waals surface area contributed by atoms with Crippen molar-refractivity contribution in [2.45, 2.75) is 56.4 Å². The van der Waals surface area contributed by atoms with E-state index in [2.05, 4.69) is 20.8 Å². The third kappa shape index (κ3) is 1.91. The molecule has 1 amide bonds. The van der Waals surface area contributed by atoms with E-state index in [0.29, 0.717) is 16.9 Å². The summed E-state index contributed by atoms with van der Waals surface area (Å²) >= 11 is 3.70. The molecule has 2 unspecified atom stereocenters. The third-order valence-electron chi connectivity index (χ3n) is 4.18. The lowest BCUT2D eigenvalue weighted by Crippen LogP contribution is -2.46. The Bertz CT molecular complexity index is 468. The highest BCUT2D eigenvalue weighted by molar-refractivity contribution is 9.09. The van der Waals surface area contributed by atoms with Crippen molar-refractivity contribution in [1.29, 1.82) is 0 Å². The molecular formula is C14H18BrNO2. The number of amides is 1. The first-order chi connectivity index (χ1) is 8.56. The number of carbonyl (C=O) groups is 1. The van der Waals surface area contributed by atoms with Gasteiger partial charge in [0.25, 0.3) is 5.91 Å². The minimum absolute atomic E-state index is 0.163. The van der Waals surface area contributed by atoms with Gasteiger partial charge in [-0.3, -0.25) is 4.79 Å². The summed E-state index contributed by atoms with van der Waals surface area (Å²) in [6.07, 6.45) is 4.46. The van der Waals surface area contributed by atoms with Crippen molar-refractivity contribution in [3.8, 4) is 0 Å². The Hall–Kier alpha value is -0.770. The van der Waals surface area contributed by atoms with Crippen molar-refractivity contribution < 1.29 is 9.21 Å². The van der Waals surface area contributed by atoms with E-state index in [1.54, 1.807) is 0 Å². The SMILES string of the molecule is Cc1cc(C(=O)N2C3CCC2CC(Br)C3)c(C)o1. The van der Waals surface area contributed by atoms with E-state index >= 15 is 0 Å². The number of nitrogens with zero attached hydrogens (tertiary/aromatic N) is 1. The van der Waals surface area contributed by atoms with Crippen LogP contribution in [0.4, 0.5) is 0 Å². The van der Waals surface area contributed by atoms with Gasteiger partial charge in [0, 0.05) is 16.9 Å². The van der Waals surface area contributed by atoms with Crippen LogP contribution in [0.1, 0.15) is 47.6 Å². The molecule has 2 saturated heterocycles. The average Bonchev–Trinajstić information content (AvgIpc) is 2.76. The van der Waals surface area contributed by atoms with E-state index in [-0.39, 0.29) is 5.91 Å². The van der Waals surface area contributed by atoms with E-state index in [9.17, 15) is 4.79 Å². The van der Waals surface area contributed by atoms with Crippen LogP contribution in [0.5, 0.6) is 0 Å². The summed E-state index contributed by atoms with van der Waals surface area (Å²) in [7, 11) is 0. The van der Waals surface area contributed by atoms with E-state index in [1.807, 2.05) is 19.9 Å². The van der Waals surface area contributed by atoms with E-state index < -0.39 is 0 Å². The summed E-state index contributed by atoms with van der Waals surface area (Å²) in [5.41, 5.74) is 0.748. The highest BCUT2D eigenvalue weighted by Crippen LogP contribution is 2.39. The van der Waals surface area contributed by atoms with Crippen molar-refractivity contribution in [2.75, 3.05) is 0 Å². The second-order valence-corrected chi connectivity index (χ2v) is 6.79. The average molecular weight is 312 g/mol. The Kier molecular flexibility index (Phi) is 3.00. The fraction of sp³-hybridized carbons (Fsp3) is 0.643. The van der Waals surface area contributed by atoms with Crippen LogP contribution >= 0.6 is 15.9 Å². The van der Waals surface area contributed by atoms with Crippen LogP contribution in [-0.2, 0) is 0 Å². The van der Waals surface area contributed by atoms with Gasteiger partial charge in [0.2, 0.25) is 0 Å². The minimum Gasteiger partial charge on any atom is -0.466 e. The maximum Gasteiger partial charge on any atom is 0.257 e. The Morgan fingerprint density at radius 1 is 1.33 bits per heavy atom. The van der Waals surface area contributed by atoms with Crippen molar-refractivity contribution in [2.24, 2.45) is 0 Å². The fourth-order valence-electron chi connectivity index (χ4n) is 3.42.